The molecule has 0 spiro atoms. The lowest BCUT2D eigenvalue weighted by molar-refractivity contribution is -0.151. The second kappa shape index (κ2) is 6.00. The fourth-order valence-electron chi connectivity index (χ4n) is 2.36. The highest BCUT2D eigenvalue weighted by Crippen LogP contribution is 2.25. The average Bonchev–Trinajstić information content (AvgIpc) is 2.76. The summed E-state index contributed by atoms with van der Waals surface area (Å²) in [5, 5.41) is 9.03. The van der Waals surface area contributed by atoms with Gasteiger partial charge in [-0.15, -0.1) is 0 Å². The van der Waals surface area contributed by atoms with Crippen LogP contribution >= 0.6 is 0 Å². The van der Waals surface area contributed by atoms with Crippen LogP contribution in [0.25, 0.3) is 0 Å². The summed E-state index contributed by atoms with van der Waals surface area (Å²) >= 11 is 0. The van der Waals surface area contributed by atoms with Crippen LogP contribution in [0.1, 0.15) is 33.1 Å². The van der Waals surface area contributed by atoms with Gasteiger partial charge in [-0.25, -0.2) is 4.79 Å². The largest absolute Gasteiger partial charge is 0.480 e. The lowest BCUT2D eigenvalue weighted by Crippen LogP contribution is -2.46. The molecule has 5 heteroatoms. The molecule has 0 aromatic rings. The van der Waals surface area contributed by atoms with Gasteiger partial charge in [0.15, 0.2) is 0 Å². The number of hydrogen-bond donors (Lipinski definition) is 1. The van der Waals surface area contributed by atoms with Crippen molar-refractivity contribution in [3.8, 4) is 0 Å². The molecule has 3 unspecified atom stereocenters. The number of likely N-dealkylation sites (N-methyl/N-ethyl adjacent to an activating group) is 1. The van der Waals surface area contributed by atoms with Crippen molar-refractivity contribution in [1.29, 1.82) is 0 Å². The standard InChI is InChI=1S/C12H21NO4/c1-4-9(12(15)16)13(3)11(14)8-6-7-17-10(8)5-2/h8-10H,4-7H2,1-3H3,(H,15,16). The third kappa shape index (κ3) is 2.97. The number of hydrogen-bond acceptors (Lipinski definition) is 3. The summed E-state index contributed by atoms with van der Waals surface area (Å²) in [7, 11) is 1.57. The minimum absolute atomic E-state index is 0.0590. The number of carbonyl (C=O) groups excluding carboxylic acids is 1. The molecule has 0 aromatic carbocycles. The molecule has 1 aliphatic heterocycles. The van der Waals surface area contributed by atoms with E-state index >= 15 is 0 Å². The third-order valence-corrected chi connectivity index (χ3v) is 3.42. The van der Waals surface area contributed by atoms with Gasteiger partial charge in [-0.3, -0.25) is 4.79 Å². The van der Waals surface area contributed by atoms with Crippen molar-refractivity contribution in [3.05, 3.63) is 0 Å². The Hall–Kier alpha value is -1.10. The van der Waals surface area contributed by atoms with Gasteiger partial charge in [0.2, 0.25) is 5.91 Å². The lowest BCUT2D eigenvalue weighted by atomic mass is 9.97. The molecule has 5 nitrogen and oxygen atoms in total. The van der Waals surface area contributed by atoms with Crippen LogP contribution in [0.2, 0.25) is 0 Å². The van der Waals surface area contributed by atoms with E-state index < -0.39 is 12.0 Å². The van der Waals surface area contributed by atoms with Crippen LogP contribution < -0.4 is 0 Å². The Balaban J connectivity index is 2.71. The van der Waals surface area contributed by atoms with Crippen LogP contribution in [0.15, 0.2) is 0 Å². The Morgan fingerprint density at radius 1 is 1.47 bits per heavy atom. The Bertz CT molecular complexity index is 292. The minimum Gasteiger partial charge on any atom is -0.480 e. The Morgan fingerprint density at radius 2 is 2.12 bits per heavy atom. The molecule has 1 saturated heterocycles. The lowest BCUT2D eigenvalue weighted by Gasteiger charge is -2.28. The fraction of sp³-hybridized carbons (Fsp3) is 0.833. The molecule has 0 bridgehead atoms. The van der Waals surface area contributed by atoms with E-state index in [1.165, 1.54) is 4.90 Å². The van der Waals surface area contributed by atoms with Crippen LogP contribution in [-0.2, 0) is 14.3 Å². The maximum Gasteiger partial charge on any atom is 0.326 e. The van der Waals surface area contributed by atoms with Crippen LogP contribution in [0.3, 0.4) is 0 Å². The zero-order valence-corrected chi connectivity index (χ0v) is 10.7. The van der Waals surface area contributed by atoms with Crippen LogP contribution in [0.5, 0.6) is 0 Å². The van der Waals surface area contributed by atoms with E-state index in [0.29, 0.717) is 19.4 Å². The van der Waals surface area contributed by atoms with Gasteiger partial charge in [0.1, 0.15) is 6.04 Å². The van der Waals surface area contributed by atoms with Crippen molar-refractivity contribution in [3.63, 3.8) is 0 Å². The summed E-state index contributed by atoms with van der Waals surface area (Å²) in [6.45, 7) is 4.34. The van der Waals surface area contributed by atoms with E-state index in [4.69, 9.17) is 9.84 Å². The van der Waals surface area contributed by atoms with Gasteiger partial charge in [-0.05, 0) is 19.3 Å². The minimum atomic E-state index is -0.949. The van der Waals surface area contributed by atoms with Crippen molar-refractivity contribution in [1.82, 2.24) is 4.90 Å². The summed E-state index contributed by atoms with van der Waals surface area (Å²) in [5.41, 5.74) is 0. The smallest absolute Gasteiger partial charge is 0.326 e. The quantitative estimate of drug-likeness (QED) is 0.785. The van der Waals surface area contributed by atoms with Gasteiger partial charge in [-0.1, -0.05) is 13.8 Å². The van der Waals surface area contributed by atoms with Gasteiger partial charge in [0.05, 0.1) is 12.0 Å². The van der Waals surface area contributed by atoms with Crippen LogP contribution in [0.4, 0.5) is 0 Å². The summed E-state index contributed by atoms with van der Waals surface area (Å²) in [6.07, 6.45) is 1.84. The zero-order valence-electron chi connectivity index (χ0n) is 10.7. The molecule has 0 saturated carbocycles. The molecule has 0 aromatic heterocycles. The summed E-state index contributed by atoms with van der Waals surface area (Å²) in [4.78, 5) is 24.6. The Kier molecular flexibility index (Phi) is 4.93. The second-order valence-electron chi connectivity index (χ2n) is 4.42. The first kappa shape index (κ1) is 14.0. The molecule has 0 radical (unpaired) electrons. The van der Waals surface area contributed by atoms with Gasteiger partial charge in [0.25, 0.3) is 0 Å². The number of rotatable bonds is 5. The van der Waals surface area contributed by atoms with Gasteiger partial charge < -0.3 is 14.7 Å². The first-order valence-corrected chi connectivity index (χ1v) is 6.13. The molecule has 1 N–H and O–H groups in total. The van der Waals surface area contributed by atoms with E-state index in [2.05, 4.69) is 0 Å². The topological polar surface area (TPSA) is 66.8 Å². The molecule has 1 amide bonds. The molecule has 1 aliphatic rings. The van der Waals surface area contributed by atoms with E-state index in [1.807, 2.05) is 6.92 Å². The maximum atomic E-state index is 12.2. The molecule has 1 fully saturated rings. The van der Waals surface area contributed by atoms with Crippen molar-refractivity contribution in [2.24, 2.45) is 5.92 Å². The molecule has 17 heavy (non-hydrogen) atoms. The van der Waals surface area contributed by atoms with Crippen LogP contribution in [0, 0.1) is 5.92 Å². The van der Waals surface area contributed by atoms with Crippen molar-refractivity contribution >= 4 is 11.9 Å². The van der Waals surface area contributed by atoms with Crippen molar-refractivity contribution in [2.45, 2.75) is 45.3 Å². The SMILES string of the molecule is CCC1OCCC1C(=O)N(C)C(CC)C(=O)O. The highest BCUT2D eigenvalue weighted by Gasteiger charge is 2.37. The predicted octanol–water partition coefficient (Wildman–Crippen LogP) is 1.12. The number of amides is 1. The monoisotopic (exact) mass is 243 g/mol. The Morgan fingerprint density at radius 3 is 2.59 bits per heavy atom. The van der Waals surface area contributed by atoms with E-state index in [1.54, 1.807) is 14.0 Å². The number of carboxylic acids is 1. The summed E-state index contributed by atoms with van der Waals surface area (Å²) < 4.78 is 5.46. The molecular weight excluding hydrogens is 222 g/mol. The molecule has 3 atom stereocenters. The number of carbonyl (C=O) groups is 2. The molecule has 1 rings (SSSR count). The highest BCUT2D eigenvalue weighted by molar-refractivity contribution is 5.85. The first-order chi connectivity index (χ1) is 8.02. The molecular formula is C12H21NO4. The number of nitrogens with zero attached hydrogens (tertiary/aromatic N) is 1. The van der Waals surface area contributed by atoms with Crippen molar-refractivity contribution < 1.29 is 19.4 Å². The third-order valence-electron chi connectivity index (χ3n) is 3.42. The average molecular weight is 243 g/mol. The van der Waals surface area contributed by atoms with E-state index in [-0.39, 0.29) is 17.9 Å². The Labute approximate surface area is 102 Å². The zero-order chi connectivity index (χ0) is 13.0. The van der Waals surface area contributed by atoms with E-state index in [9.17, 15) is 9.59 Å². The second-order valence-corrected chi connectivity index (χ2v) is 4.42. The maximum absolute atomic E-state index is 12.2. The van der Waals surface area contributed by atoms with Gasteiger partial charge >= 0.3 is 5.97 Å². The van der Waals surface area contributed by atoms with Crippen LogP contribution in [-0.4, -0.2) is 47.7 Å². The molecule has 1 heterocycles. The molecule has 0 aliphatic carbocycles. The normalized spacial score (nSPS) is 25.6. The predicted molar refractivity (Wildman–Crippen MR) is 62.6 cm³/mol. The summed E-state index contributed by atoms with van der Waals surface area (Å²) in [5.74, 6) is -1.24. The van der Waals surface area contributed by atoms with E-state index in [0.717, 1.165) is 6.42 Å². The number of ether oxygens (including phenoxy) is 1. The highest BCUT2D eigenvalue weighted by atomic mass is 16.5. The first-order valence-electron chi connectivity index (χ1n) is 6.13. The fourth-order valence-corrected chi connectivity index (χ4v) is 2.36. The number of carboxylic acid groups (broad SMARTS) is 1. The number of aliphatic carboxylic acids is 1. The molecule has 98 valence electrons. The van der Waals surface area contributed by atoms with Crippen molar-refractivity contribution in [2.75, 3.05) is 13.7 Å². The summed E-state index contributed by atoms with van der Waals surface area (Å²) in [6, 6.07) is -0.736. The van der Waals surface area contributed by atoms with Gasteiger partial charge in [0, 0.05) is 13.7 Å². The van der Waals surface area contributed by atoms with Gasteiger partial charge in [-0.2, -0.15) is 0 Å².